The van der Waals surface area contributed by atoms with E-state index in [-0.39, 0.29) is 12.1 Å². The second-order valence-corrected chi connectivity index (χ2v) is 3.95. The number of benzene rings is 1. The van der Waals surface area contributed by atoms with E-state index in [9.17, 15) is 13.2 Å². The summed E-state index contributed by atoms with van der Waals surface area (Å²) in [4.78, 5) is 3.97. The second kappa shape index (κ2) is 5.17. The number of anilines is 2. The fourth-order valence-electron chi connectivity index (χ4n) is 1.70. The Balaban J connectivity index is 2.19. The van der Waals surface area contributed by atoms with Gasteiger partial charge in [0.1, 0.15) is 5.82 Å². The molecule has 0 atom stereocenters. The number of pyridine rings is 1. The molecule has 0 saturated carbocycles. The van der Waals surface area contributed by atoms with Crippen LogP contribution in [-0.4, -0.2) is 4.98 Å². The van der Waals surface area contributed by atoms with Gasteiger partial charge in [-0.2, -0.15) is 13.2 Å². The van der Waals surface area contributed by atoms with Gasteiger partial charge >= 0.3 is 6.18 Å². The molecule has 0 saturated heterocycles. The standard InChI is InChI=1S/C13H12F3N3/c14-13(15,16)10-5-2-1-4-9(10)8-19-12-11(17)6-3-7-18-12/h1-7H,8,17H2,(H,18,19). The van der Waals surface area contributed by atoms with Gasteiger partial charge in [0.2, 0.25) is 0 Å². The number of hydrogen-bond donors (Lipinski definition) is 2. The number of nitrogens with two attached hydrogens (primary N) is 1. The van der Waals surface area contributed by atoms with Gasteiger partial charge in [0.05, 0.1) is 11.3 Å². The van der Waals surface area contributed by atoms with E-state index >= 15 is 0 Å². The summed E-state index contributed by atoms with van der Waals surface area (Å²) in [6.45, 7) is 0.0108. The van der Waals surface area contributed by atoms with Gasteiger partial charge in [-0.25, -0.2) is 4.98 Å². The smallest absolute Gasteiger partial charge is 0.396 e. The van der Waals surface area contributed by atoms with Gasteiger partial charge in [-0.15, -0.1) is 0 Å². The lowest BCUT2D eigenvalue weighted by Crippen LogP contribution is -2.12. The van der Waals surface area contributed by atoms with Crippen molar-refractivity contribution in [2.75, 3.05) is 11.1 Å². The number of hydrogen-bond acceptors (Lipinski definition) is 3. The molecule has 6 heteroatoms. The molecule has 0 aliphatic heterocycles. The van der Waals surface area contributed by atoms with Crippen LogP contribution in [0.2, 0.25) is 0 Å². The van der Waals surface area contributed by atoms with Crippen LogP contribution in [0.1, 0.15) is 11.1 Å². The Morgan fingerprint density at radius 2 is 1.84 bits per heavy atom. The highest BCUT2D eigenvalue weighted by atomic mass is 19.4. The maximum Gasteiger partial charge on any atom is 0.416 e. The lowest BCUT2D eigenvalue weighted by atomic mass is 10.1. The molecule has 1 aromatic heterocycles. The lowest BCUT2D eigenvalue weighted by Gasteiger charge is -2.14. The number of rotatable bonds is 3. The van der Waals surface area contributed by atoms with Crippen molar-refractivity contribution in [3.8, 4) is 0 Å². The first kappa shape index (κ1) is 13.2. The summed E-state index contributed by atoms with van der Waals surface area (Å²) in [6.07, 6.45) is -2.84. The van der Waals surface area contributed by atoms with E-state index in [0.29, 0.717) is 11.5 Å². The van der Waals surface area contributed by atoms with Gasteiger partial charge in [0, 0.05) is 12.7 Å². The molecule has 0 unspecified atom stereocenters. The zero-order valence-corrected chi connectivity index (χ0v) is 9.91. The Labute approximate surface area is 108 Å². The zero-order chi connectivity index (χ0) is 13.9. The van der Waals surface area contributed by atoms with Crippen molar-refractivity contribution in [2.45, 2.75) is 12.7 Å². The molecule has 0 aliphatic carbocycles. The predicted octanol–water partition coefficient (Wildman–Crippen LogP) is 3.29. The first-order chi connectivity index (χ1) is 8.98. The Hall–Kier alpha value is -2.24. The van der Waals surface area contributed by atoms with Gasteiger partial charge in [-0.05, 0) is 23.8 Å². The Bertz CT molecular complexity index is 567. The van der Waals surface area contributed by atoms with Crippen LogP contribution in [0, 0.1) is 0 Å². The molecule has 0 spiro atoms. The summed E-state index contributed by atoms with van der Waals surface area (Å²) in [6, 6.07) is 8.69. The predicted molar refractivity (Wildman–Crippen MR) is 67.4 cm³/mol. The molecule has 0 bridgehead atoms. The first-order valence-corrected chi connectivity index (χ1v) is 5.58. The van der Waals surface area contributed by atoms with E-state index in [0.717, 1.165) is 6.07 Å². The van der Waals surface area contributed by atoms with Gasteiger partial charge in [-0.1, -0.05) is 18.2 Å². The highest BCUT2D eigenvalue weighted by Gasteiger charge is 2.32. The third-order valence-corrected chi connectivity index (χ3v) is 2.61. The minimum atomic E-state index is -4.37. The SMILES string of the molecule is Nc1cccnc1NCc1ccccc1C(F)(F)F. The van der Waals surface area contributed by atoms with Crippen molar-refractivity contribution in [3.05, 3.63) is 53.7 Å². The first-order valence-electron chi connectivity index (χ1n) is 5.58. The summed E-state index contributed by atoms with van der Waals surface area (Å²) >= 11 is 0. The van der Waals surface area contributed by atoms with Gasteiger partial charge in [0.15, 0.2) is 0 Å². The minimum absolute atomic E-state index is 0.0108. The summed E-state index contributed by atoms with van der Waals surface area (Å²) in [5, 5.41) is 2.81. The number of nitrogens with zero attached hydrogens (tertiary/aromatic N) is 1. The van der Waals surface area contributed by atoms with E-state index in [1.807, 2.05) is 0 Å². The molecule has 3 N–H and O–H groups in total. The second-order valence-electron chi connectivity index (χ2n) is 3.95. The average Bonchev–Trinajstić information content (AvgIpc) is 2.37. The lowest BCUT2D eigenvalue weighted by molar-refractivity contribution is -0.138. The van der Waals surface area contributed by atoms with E-state index < -0.39 is 11.7 Å². The van der Waals surface area contributed by atoms with Crippen LogP contribution in [0.15, 0.2) is 42.6 Å². The molecule has 0 fully saturated rings. The fraction of sp³-hybridized carbons (Fsp3) is 0.154. The topological polar surface area (TPSA) is 50.9 Å². The number of halogens is 3. The highest BCUT2D eigenvalue weighted by molar-refractivity contribution is 5.60. The Morgan fingerprint density at radius 1 is 1.11 bits per heavy atom. The van der Waals surface area contributed by atoms with Crippen LogP contribution in [0.4, 0.5) is 24.7 Å². The van der Waals surface area contributed by atoms with E-state index in [4.69, 9.17) is 5.73 Å². The number of nitrogen functional groups attached to an aromatic ring is 1. The van der Waals surface area contributed by atoms with Crippen LogP contribution >= 0.6 is 0 Å². The third-order valence-electron chi connectivity index (χ3n) is 2.61. The van der Waals surface area contributed by atoms with Gasteiger partial charge in [0.25, 0.3) is 0 Å². The molecule has 2 aromatic rings. The Kier molecular flexibility index (Phi) is 3.59. The highest BCUT2D eigenvalue weighted by Crippen LogP contribution is 2.32. The molecule has 0 radical (unpaired) electrons. The maximum absolute atomic E-state index is 12.8. The molecule has 1 aromatic carbocycles. The quantitative estimate of drug-likeness (QED) is 0.897. The summed E-state index contributed by atoms with van der Waals surface area (Å²) < 4.78 is 38.4. The molecular weight excluding hydrogens is 255 g/mol. The summed E-state index contributed by atoms with van der Waals surface area (Å²) in [5.41, 5.74) is 5.55. The molecular formula is C13H12F3N3. The molecule has 2 rings (SSSR count). The number of aromatic nitrogens is 1. The van der Waals surface area contributed by atoms with Crippen molar-refractivity contribution in [2.24, 2.45) is 0 Å². The normalized spacial score (nSPS) is 11.3. The maximum atomic E-state index is 12.8. The minimum Gasteiger partial charge on any atom is -0.396 e. The van der Waals surface area contributed by atoms with Crippen LogP contribution in [-0.2, 0) is 12.7 Å². The van der Waals surface area contributed by atoms with Crippen LogP contribution in [0.25, 0.3) is 0 Å². The molecule has 100 valence electrons. The van der Waals surface area contributed by atoms with E-state index in [1.54, 1.807) is 18.2 Å². The molecule has 19 heavy (non-hydrogen) atoms. The van der Waals surface area contributed by atoms with Crippen molar-refractivity contribution in [1.29, 1.82) is 0 Å². The van der Waals surface area contributed by atoms with Crippen LogP contribution in [0.3, 0.4) is 0 Å². The van der Waals surface area contributed by atoms with Crippen molar-refractivity contribution in [3.63, 3.8) is 0 Å². The monoisotopic (exact) mass is 267 g/mol. The number of alkyl halides is 3. The zero-order valence-electron chi connectivity index (χ0n) is 9.91. The molecule has 1 heterocycles. The summed E-state index contributed by atoms with van der Waals surface area (Å²) in [5.74, 6) is 0.375. The van der Waals surface area contributed by atoms with Crippen LogP contribution < -0.4 is 11.1 Å². The molecule has 0 aliphatic rings. The van der Waals surface area contributed by atoms with Gasteiger partial charge in [-0.3, -0.25) is 0 Å². The average molecular weight is 267 g/mol. The largest absolute Gasteiger partial charge is 0.416 e. The fourth-order valence-corrected chi connectivity index (χ4v) is 1.70. The molecule has 0 amide bonds. The number of nitrogens with one attached hydrogen (secondary N) is 1. The summed E-state index contributed by atoms with van der Waals surface area (Å²) in [7, 11) is 0. The van der Waals surface area contributed by atoms with Crippen molar-refractivity contribution < 1.29 is 13.2 Å². The van der Waals surface area contributed by atoms with E-state index in [2.05, 4.69) is 10.3 Å². The van der Waals surface area contributed by atoms with Crippen molar-refractivity contribution in [1.82, 2.24) is 4.98 Å². The Morgan fingerprint density at radius 3 is 2.53 bits per heavy atom. The van der Waals surface area contributed by atoms with E-state index in [1.165, 1.54) is 18.3 Å². The third kappa shape index (κ3) is 3.15. The van der Waals surface area contributed by atoms with Gasteiger partial charge < -0.3 is 11.1 Å². The van der Waals surface area contributed by atoms with Crippen LogP contribution in [0.5, 0.6) is 0 Å². The molecule has 3 nitrogen and oxygen atoms in total. The van der Waals surface area contributed by atoms with Crippen molar-refractivity contribution >= 4 is 11.5 Å².